The Labute approximate surface area is 152 Å². The molecule has 0 radical (unpaired) electrons. The van der Waals surface area contributed by atoms with E-state index in [0.29, 0.717) is 11.8 Å². The Kier molecular flexibility index (Phi) is 7.43. The molecule has 138 valence electrons. The molecule has 1 heterocycles. The van der Waals surface area contributed by atoms with E-state index in [9.17, 15) is 10.4 Å². The van der Waals surface area contributed by atoms with E-state index in [0.717, 1.165) is 50.2 Å². The van der Waals surface area contributed by atoms with E-state index in [4.69, 9.17) is 4.74 Å². The predicted molar refractivity (Wildman–Crippen MR) is 101 cm³/mol. The van der Waals surface area contributed by atoms with Crippen LogP contribution in [0, 0.1) is 30.1 Å². The van der Waals surface area contributed by atoms with Gasteiger partial charge >= 0.3 is 0 Å². The smallest absolute Gasteiger partial charge is 0.0994 e. The lowest BCUT2D eigenvalue weighted by atomic mass is 9.96. The summed E-state index contributed by atoms with van der Waals surface area (Å²) in [6.45, 7) is 12.1. The number of rotatable bonds is 8. The predicted octanol–water partition coefficient (Wildman–Crippen LogP) is 2.94. The van der Waals surface area contributed by atoms with E-state index >= 15 is 0 Å². The van der Waals surface area contributed by atoms with E-state index in [-0.39, 0.29) is 12.7 Å². The Morgan fingerprint density at radius 3 is 2.64 bits per heavy atom. The molecular formula is C21H32N2O2. The monoisotopic (exact) mass is 344 g/mol. The summed E-state index contributed by atoms with van der Waals surface area (Å²) in [5.74, 6) is 0.710. The molecule has 0 saturated carbocycles. The second-order valence-corrected chi connectivity index (χ2v) is 7.49. The molecule has 25 heavy (non-hydrogen) atoms. The summed E-state index contributed by atoms with van der Waals surface area (Å²) in [6, 6.07) is 6.58. The first-order valence-electron chi connectivity index (χ1n) is 9.45. The summed E-state index contributed by atoms with van der Waals surface area (Å²) in [4.78, 5) is 2.43. The Balaban J connectivity index is 1.99. The van der Waals surface area contributed by atoms with Gasteiger partial charge in [0.1, 0.15) is 0 Å². The molecule has 0 aromatic heterocycles. The molecule has 1 N–H and O–H groups in total. The zero-order valence-electron chi connectivity index (χ0n) is 16.1. The second kappa shape index (κ2) is 9.33. The zero-order chi connectivity index (χ0) is 18.4. The number of ether oxygens (including phenoxy) is 1. The third-order valence-electron chi connectivity index (χ3n) is 5.33. The van der Waals surface area contributed by atoms with Crippen LogP contribution in [0.5, 0.6) is 0 Å². The number of hydrogen-bond donors (Lipinski definition) is 1. The first kappa shape index (κ1) is 19.9. The molecule has 0 bridgehead atoms. The number of nitriles is 1. The van der Waals surface area contributed by atoms with E-state index in [2.05, 4.69) is 37.8 Å². The largest absolute Gasteiger partial charge is 0.396 e. The number of nitrogens with zero attached hydrogens (tertiary/aromatic N) is 2. The van der Waals surface area contributed by atoms with Gasteiger partial charge in [0, 0.05) is 38.1 Å². The quantitative estimate of drug-likeness (QED) is 0.788. The third kappa shape index (κ3) is 5.28. The summed E-state index contributed by atoms with van der Waals surface area (Å²) in [5.41, 5.74) is 4.41. The third-order valence-corrected chi connectivity index (χ3v) is 5.33. The van der Waals surface area contributed by atoms with Crippen molar-refractivity contribution < 1.29 is 9.84 Å². The van der Waals surface area contributed by atoms with E-state index < -0.39 is 0 Å². The van der Waals surface area contributed by atoms with Crippen molar-refractivity contribution in [3.05, 3.63) is 34.4 Å². The first-order valence-corrected chi connectivity index (χ1v) is 9.45. The van der Waals surface area contributed by atoms with Crippen LogP contribution in [0.4, 0.5) is 0 Å². The van der Waals surface area contributed by atoms with E-state index in [1.54, 1.807) is 0 Å². The van der Waals surface area contributed by atoms with Gasteiger partial charge in [-0.1, -0.05) is 13.0 Å². The second-order valence-electron chi connectivity index (χ2n) is 7.49. The summed E-state index contributed by atoms with van der Waals surface area (Å²) < 4.78 is 5.77. The molecule has 1 aromatic rings. The molecular weight excluding hydrogens is 312 g/mol. The lowest BCUT2D eigenvalue weighted by molar-refractivity contribution is 0.0365. The van der Waals surface area contributed by atoms with Crippen LogP contribution in [0.3, 0.4) is 0 Å². The minimum Gasteiger partial charge on any atom is -0.396 e. The first-order chi connectivity index (χ1) is 12.0. The Hall–Kier alpha value is -1.41. The summed E-state index contributed by atoms with van der Waals surface area (Å²) in [5, 5.41) is 19.0. The van der Waals surface area contributed by atoms with Gasteiger partial charge in [-0.3, -0.25) is 0 Å². The molecule has 2 rings (SSSR count). The summed E-state index contributed by atoms with van der Waals surface area (Å²) >= 11 is 0. The minimum atomic E-state index is 0.228. The minimum absolute atomic E-state index is 0.228. The molecule has 2 unspecified atom stereocenters. The molecule has 1 aliphatic heterocycles. The highest BCUT2D eigenvalue weighted by molar-refractivity contribution is 5.45. The molecule has 1 aliphatic rings. The average molecular weight is 344 g/mol. The van der Waals surface area contributed by atoms with Gasteiger partial charge in [0.2, 0.25) is 0 Å². The number of aryl methyl sites for hydroxylation is 1. The van der Waals surface area contributed by atoms with Gasteiger partial charge in [-0.25, -0.2) is 0 Å². The van der Waals surface area contributed by atoms with Crippen LogP contribution in [0.1, 0.15) is 43.0 Å². The standard InChI is InChI=1S/C21H32N2O2/c1-5-17-8-18(16(4)19(9-17)10-22)6-7-23-11-20(13-24)21(12-23)14-25-15(2)3/h8-9,15,20-21,24H,5-7,11-14H2,1-4H3. The van der Waals surface area contributed by atoms with Crippen molar-refractivity contribution in [3.8, 4) is 6.07 Å². The average Bonchev–Trinajstić information content (AvgIpc) is 3.01. The van der Waals surface area contributed by atoms with E-state index in [1.807, 2.05) is 13.0 Å². The molecule has 4 nitrogen and oxygen atoms in total. The molecule has 1 aromatic carbocycles. The fourth-order valence-corrected chi connectivity index (χ4v) is 3.63. The van der Waals surface area contributed by atoms with Crippen LogP contribution in [-0.4, -0.2) is 49.0 Å². The van der Waals surface area contributed by atoms with Crippen LogP contribution in [0.15, 0.2) is 12.1 Å². The normalized spacial score (nSPS) is 21.0. The van der Waals surface area contributed by atoms with Crippen LogP contribution >= 0.6 is 0 Å². The fraction of sp³-hybridized carbons (Fsp3) is 0.667. The zero-order valence-corrected chi connectivity index (χ0v) is 16.1. The van der Waals surface area contributed by atoms with Crippen molar-refractivity contribution in [3.63, 3.8) is 0 Å². The van der Waals surface area contributed by atoms with Gasteiger partial charge < -0.3 is 14.7 Å². The van der Waals surface area contributed by atoms with Gasteiger partial charge in [0.05, 0.1) is 24.3 Å². The summed E-state index contributed by atoms with van der Waals surface area (Å²) in [6.07, 6.45) is 2.13. The fourth-order valence-electron chi connectivity index (χ4n) is 3.63. The number of hydrogen-bond acceptors (Lipinski definition) is 4. The maximum Gasteiger partial charge on any atom is 0.0994 e. The van der Waals surface area contributed by atoms with Crippen molar-refractivity contribution in [1.29, 1.82) is 5.26 Å². The van der Waals surface area contributed by atoms with Crippen LogP contribution in [-0.2, 0) is 17.6 Å². The summed E-state index contributed by atoms with van der Waals surface area (Å²) in [7, 11) is 0. The van der Waals surface area contributed by atoms with Gasteiger partial charge in [0.15, 0.2) is 0 Å². The Bertz CT molecular complexity index is 607. The molecule has 0 spiro atoms. The SMILES string of the molecule is CCc1cc(C#N)c(C)c(CCN2CC(CO)C(COC(C)C)C2)c1. The van der Waals surface area contributed by atoms with Crippen LogP contribution in [0.2, 0.25) is 0 Å². The highest BCUT2D eigenvalue weighted by Crippen LogP contribution is 2.25. The maximum atomic E-state index is 9.67. The molecule has 1 saturated heterocycles. The lowest BCUT2D eigenvalue weighted by Crippen LogP contribution is -2.25. The van der Waals surface area contributed by atoms with E-state index in [1.165, 1.54) is 11.1 Å². The number of aliphatic hydroxyl groups is 1. The van der Waals surface area contributed by atoms with Crippen molar-refractivity contribution in [2.75, 3.05) is 32.8 Å². The highest BCUT2D eigenvalue weighted by Gasteiger charge is 2.32. The highest BCUT2D eigenvalue weighted by atomic mass is 16.5. The number of aliphatic hydroxyl groups excluding tert-OH is 1. The Morgan fingerprint density at radius 1 is 1.32 bits per heavy atom. The Morgan fingerprint density at radius 2 is 2.04 bits per heavy atom. The maximum absolute atomic E-state index is 9.67. The van der Waals surface area contributed by atoms with Crippen LogP contribution in [0.25, 0.3) is 0 Å². The number of benzene rings is 1. The van der Waals surface area contributed by atoms with Gasteiger partial charge in [-0.2, -0.15) is 5.26 Å². The number of likely N-dealkylation sites (tertiary alicyclic amines) is 1. The van der Waals surface area contributed by atoms with Gasteiger partial charge in [-0.15, -0.1) is 0 Å². The molecule has 1 fully saturated rings. The van der Waals surface area contributed by atoms with Gasteiger partial charge in [-0.05, 0) is 56.4 Å². The molecule has 4 heteroatoms. The molecule has 0 amide bonds. The van der Waals surface area contributed by atoms with Crippen LogP contribution < -0.4 is 0 Å². The van der Waals surface area contributed by atoms with Crippen molar-refractivity contribution in [1.82, 2.24) is 4.90 Å². The molecule has 2 atom stereocenters. The van der Waals surface area contributed by atoms with Crippen molar-refractivity contribution in [2.45, 2.75) is 46.6 Å². The lowest BCUT2D eigenvalue weighted by Gasteiger charge is -2.18. The van der Waals surface area contributed by atoms with Crippen molar-refractivity contribution >= 4 is 0 Å². The van der Waals surface area contributed by atoms with Gasteiger partial charge in [0.25, 0.3) is 0 Å². The molecule has 0 aliphatic carbocycles. The van der Waals surface area contributed by atoms with Crippen molar-refractivity contribution in [2.24, 2.45) is 11.8 Å². The topological polar surface area (TPSA) is 56.5 Å².